The number of carbonyl (C=O) groups is 1. The van der Waals surface area contributed by atoms with E-state index in [0.717, 1.165) is 6.54 Å². The molecule has 0 saturated carbocycles. The second-order valence-electron chi connectivity index (χ2n) is 4.96. The number of halogens is 1. The van der Waals surface area contributed by atoms with Gasteiger partial charge in [0.15, 0.2) is 5.96 Å². The Morgan fingerprint density at radius 2 is 1.91 bits per heavy atom. The highest BCUT2D eigenvalue weighted by molar-refractivity contribution is 14.0. The Balaban J connectivity index is 0.00000484. The Kier molecular flexibility index (Phi) is 12.4. The third-order valence-electron chi connectivity index (χ3n) is 3.21. The van der Waals surface area contributed by atoms with E-state index >= 15 is 0 Å². The number of nitrogens with zero attached hydrogens (tertiary/aromatic N) is 1. The predicted octanol–water partition coefficient (Wildman–Crippen LogP) is 1.34. The lowest BCUT2D eigenvalue weighted by Gasteiger charge is -2.16. The first-order chi connectivity index (χ1) is 10.7. The molecule has 1 aromatic carbocycles. The molecule has 0 radical (unpaired) electrons. The molecule has 23 heavy (non-hydrogen) atoms. The van der Waals surface area contributed by atoms with E-state index in [4.69, 9.17) is 4.74 Å². The second-order valence-corrected chi connectivity index (χ2v) is 4.96. The third kappa shape index (κ3) is 9.39. The van der Waals surface area contributed by atoms with E-state index in [1.807, 2.05) is 18.2 Å². The number of nitrogens with one attached hydrogen (secondary N) is 3. The van der Waals surface area contributed by atoms with Gasteiger partial charge in [-0.1, -0.05) is 37.3 Å². The van der Waals surface area contributed by atoms with Crippen LogP contribution in [0.5, 0.6) is 0 Å². The number of hydrogen-bond donors (Lipinski definition) is 3. The van der Waals surface area contributed by atoms with Crippen LogP contribution in [-0.2, 0) is 9.53 Å². The van der Waals surface area contributed by atoms with Crippen LogP contribution in [0, 0.1) is 0 Å². The maximum atomic E-state index is 11.6. The molecule has 0 fully saturated rings. The van der Waals surface area contributed by atoms with Gasteiger partial charge in [-0.25, -0.2) is 0 Å². The van der Waals surface area contributed by atoms with Crippen molar-refractivity contribution < 1.29 is 9.53 Å². The van der Waals surface area contributed by atoms with Gasteiger partial charge < -0.3 is 20.7 Å². The normalized spacial score (nSPS) is 12.0. The lowest BCUT2D eigenvalue weighted by molar-refractivity contribution is -0.120. The summed E-state index contributed by atoms with van der Waals surface area (Å²) >= 11 is 0. The summed E-state index contributed by atoms with van der Waals surface area (Å²) in [5.74, 6) is 0.885. The average molecular weight is 434 g/mol. The first-order valence-electron chi connectivity index (χ1n) is 7.42. The maximum Gasteiger partial charge on any atom is 0.239 e. The van der Waals surface area contributed by atoms with Gasteiger partial charge in [-0.3, -0.25) is 9.79 Å². The molecule has 0 aliphatic carbocycles. The first-order valence-corrected chi connectivity index (χ1v) is 7.42. The highest BCUT2D eigenvalue weighted by Gasteiger charge is 2.07. The van der Waals surface area contributed by atoms with Crippen LogP contribution in [0.3, 0.4) is 0 Å². The standard InChI is InChI=1S/C16H26N4O2.HI/c1-13(14-7-5-4-6-8-14)11-19-16(17-2)20-12-15(21)18-9-10-22-3;/h4-8,13H,9-12H2,1-3H3,(H,18,21)(H2,17,19,20);1H. The SMILES string of the molecule is CN=C(NCC(=O)NCCOC)NCC(C)c1ccccc1.I. The number of carbonyl (C=O) groups excluding carboxylic acids is 1. The third-order valence-corrected chi connectivity index (χ3v) is 3.21. The van der Waals surface area contributed by atoms with Crippen molar-refractivity contribution in [1.82, 2.24) is 16.0 Å². The van der Waals surface area contributed by atoms with Crippen molar-refractivity contribution >= 4 is 35.8 Å². The van der Waals surface area contributed by atoms with Crippen molar-refractivity contribution in [3.63, 3.8) is 0 Å². The average Bonchev–Trinajstić information content (AvgIpc) is 2.55. The highest BCUT2D eigenvalue weighted by atomic mass is 127. The molecule has 1 atom stereocenters. The van der Waals surface area contributed by atoms with Crippen LogP contribution in [-0.4, -0.2) is 52.3 Å². The molecule has 0 bridgehead atoms. The monoisotopic (exact) mass is 434 g/mol. The van der Waals surface area contributed by atoms with Gasteiger partial charge in [-0.2, -0.15) is 0 Å². The van der Waals surface area contributed by atoms with Crippen molar-refractivity contribution in [1.29, 1.82) is 0 Å². The van der Waals surface area contributed by atoms with E-state index in [1.54, 1.807) is 14.2 Å². The quantitative estimate of drug-likeness (QED) is 0.250. The minimum absolute atomic E-state index is 0. The number of methoxy groups -OCH3 is 1. The van der Waals surface area contributed by atoms with Crippen molar-refractivity contribution in [3.05, 3.63) is 35.9 Å². The zero-order chi connectivity index (χ0) is 16.2. The maximum absolute atomic E-state index is 11.6. The number of benzene rings is 1. The van der Waals surface area contributed by atoms with Crippen LogP contribution in [0.15, 0.2) is 35.3 Å². The van der Waals surface area contributed by atoms with E-state index in [2.05, 4.69) is 40.0 Å². The molecule has 1 unspecified atom stereocenters. The topological polar surface area (TPSA) is 74.8 Å². The summed E-state index contributed by atoms with van der Waals surface area (Å²) < 4.78 is 4.87. The molecule has 0 aromatic heterocycles. The molecule has 130 valence electrons. The van der Waals surface area contributed by atoms with Gasteiger partial charge in [-0.05, 0) is 11.5 Å². The van der Waals surface area contributed by atoms with Crippen molar-refractivity contribution in [2.24, 2.45) is 4.99 Å². The van der Waals surface area contributed by atoms with Crippen LogP contribution in [0.25, 0.3) is 0 Å². The lowest BCUT2D eigenvalue weighted by Crippen LogP contribution is -2.44. The summed E-state index contributed by atoms with van der Waals surface area (Å²) in [6.45, 7) is 4.09. The van der Waals surface area contributed by atoms with E-state index in [9.17, 15) is 4.79 Å². The van der Waals surface area contributed by atoms with Crippen molar-refractivity contribution in [2.75, 3.05) is 40.4 Å². The molecule has 0 aliphatic rings. The van der Waals surface area contributed by atoms with E-state index in [-0.39, 0.29) is 36.4 Å². The fraction of sp³-hybridized carbons (Fsp3) is 0.500. The number of amides is 1. The Hall–Kier alpha value is -1.35. The Labute approximate surface area is 155 Å². The summed E-state index contributed by atoms with van der Waals surface area (Å²) in [6, 6.07) is 10.3. The summed E-state index contributed by atoms with van der Waals surface area (Å²) in [5.41, 5.74) is 1.27. The van der Waals surface area contributed by atoms with Crippen molar-refractivity contribution in [2.45, 2.75) is 12.8 Å². The van der Waals surface area contributed by atoms with Gasteiger partial charge in [0.25, 0.3) is 0 Å². The first kappa shape index (κ1) is 21.6. The number of ether oxygens (including phenoxy) is 1. The fourth-order valence-electron chi connectivity index (χ4n) is 1.89. The van der Waals surface area contributed by atoms with Gasteiger partial charge in [-0.15, -0.1) is 24.0 Å². The van der Waals surface area contributed by atoms with Crippen LogP contribution in [0.2, 0.25) is 0 Å². The molecule has 0 saturated heterocycles. The number of hydrogen-bond acceptors (Lipinski definition) is 3. The summed E-state index contributed by atoms with van der Waals surface area (Å²) in [7, 11) is 3.29. The van der Waals surface area contributed by atoms with E-state index in [1.165, 1.54) is 5.56 Å². The Bertz CT molecular complexity index is 468. The molecule has 0 heterocycles. The minimum Gasteiger partial charge on any atom is -0.383 e. The Morgan fingerprint density at radius 3 is 2.52 bits per heavy atom. The van der Waals surface area contributed by atoms with Crippen LogP contribution in [0.4, 0.5) is 0 Å². The van der Waals surface area contributed by atoms with Gasteiger partial charge in [0.2, 0.25) is 5.91 Å². The molecule has 1 aromatic rings. The molecule has 6 nitrogen and oxygen atoms in total. The molecule has 0 spiro atoms. The summed E-state index contributed by atoms with van der Waals surface area (Å²) in [4.78, 5) is 15.7. The van der Waals surface area contributed by atoms with E-state index in [0.29, 0.717) is 25.0 Å². The number of aliphatic imine (C=N–C) groups is 1. The molecule has 1 rings (SSSR count). The minimum atomic E-state index is -0.0869. The van der Waals surface area contributed by atoms with Crippen LogP contribution >= 0.6 is 24.0 Å². The zero-order valence-electron chi connectivity index (χ0n) is 14.0. The van der Waals surface area contributed by atoms with Crippen LogP contribution in [0.1, 0.15) is 18.4 Å². The fourth-order valence-corrected chi connectivity index (χ4v) is 1.89. The van der Waals surface area contributed by atoms with Gasteiger partial charge >= 0.3 is 0 Å². The molecule has 0 aliphatic heterocycles. The molecule has 1 amide bonds. The number of rotatable bonds is 8. The molecule has 3 N–H and O–H groups in total. The second kappa shape index (κ2) is 13.1. The molecular weight excluding hydrogens is 407 g/mol. The smallest absolute Gasteiger partial charge is 0.239 e. The zero-order valence-corrected chi connectivity index (χ0v) is 16.3. The summed E-state index contributed by atoms with van der Waals surface area (Å²) in [5, 5.41) is 8.96. The van der Waals surface area contributed by atoms with Crippen LogP contribution < -0.4 is 16.0 Å². The largest absolute Gasteiger partial charge is 0.383 e. The van der Waals surface area contributed by atoms with E-state index < -0.39 is 0 Å². The predicted molar refractivity (Wildman–Crippen MR) is 105 cm³/mol. The van der Waals surface area contributed by atoms with Gasteiger partial charge in [0.1, 0.15) is 0 Å². The van der Waals surface area contributed by atoms with Gasteiger partial charge in [0.05, 0.1) is 13.2 Å². The molecular formula is C16H27IN4O2. The van der Waals surface area contributed by atoms with Gasteiger partial charge in [0, 0.05) is 27.2 Å². The lowest BCUT2D eigenvalue weighted by atomic mass is 10.0. The summed E-state index contributed by atoms with van der Waals surface area (Å²) in [6.07, 6.45) is 0. The number of guanidine groups is 1. The highest BCUT2D eigenvalue weighted by Crippen LogP contribution is 2.12. The molecule has 7 heteroatoms. The Morgan fingerprint density at radius 1 is 1.22 bits per heavy atom. The van der Waals surface area contributed by atoms with Crippen molar-refractivity contribution in [3.8, 4) is 0 Å².